The van der Waals surface area contributed by atoms with E-state index in [2.05, 4.69) is 0 Å². The van der Waals surface area contributed by atoms with Crippen LogP contribution in [0.4, 0.5) is 4.79 Å². The Labute approximate surface area is 80.1 Å². The molecule has 12 heavy (non-hydrogen) atoms. The predicted molar refractivity (Wildman–Crippen MR) is 45.9 cm³/mol. The van der Waals surface area contributed by atoms with Crippen molar-refractivity contribution in [2.24, 2.45) is 0 Å². The van der Waals surface area contributed by atoms with Gasteiger partial charge in [0.2, 0.25) is 0 Å². The molecule has 0 aliphatic rings. The highest BCUT2D eigenvalue weighted by Gasteiger charge is 2.18. The second-order valence-electron chi connectivity index (χ2n) is 3.13. The zero-order chi connectivity index (χ0) is 14.1. The zero-order valence-corrected chi connectivity index (χ0v) is 7.42. The Morgan fingerprint density at radius 2 is 2.33 bits per heavy atom. The molecule has 0 saturated carbocycles. The highest BCUT2D eigenvalue weighted by atomic mass is 16.6. The number of hydrogen-bond donors (Lipinski definition) is 1. The lowest BCUT2D eigenvalue weighted by Crippen LogP contribution is -2.35. The Hall–Kier alpha value is -0.770. The number of aliphatic hydroxyl groups excluding tert-OH is 1. The second kappa shape index (κ2) is 4.30. The van der Waals surface area contributed by atoms with E-state index in [1.807, 2.05) is 0 Å². The quantitative estimate of drug-likeness (QED) is 0.685. The standard InChI is InChI=1S/C8H17NO3/c1-8(2,3)12-7(11)9(4)5-6-10/h10H,5-6H2,1-4H3/i4D3,5D2. The lowest BCUT2D eigenvalue weighted by molar-refractivity contribution is 0.0272. The van der Waals surface area contributed by atoms with E-state index < -0.39 is 31.8 Å². The van der Waals surface area contributed by atoms with Gasteiger partial charge in [-0.15, -0.1) is 0 Å². The maximum Gasteiger partial charge on any atom is 0.410 e. The summed E-state index contributed by atoms with van der Waals surface area (Å²) in [6.45, 7) is -2.31. The van der Waals surface area contributed by atoms with Crippen molar-refractivity contribution in [3.05, 3.63) is 0 Å². The fourth-order valence-electron chi connectivity index (χ4n) is 0.443. The average Bonchev–Trinajstić information content (AvgIpc) is 1.96. The SMILES string of the molecule is [2H]C([2H])([2H])N(C(=O)OC(C)(C)C)C([2H])([2H])CO. The Bertz CT molecular complexity index is 284. The summed E-state index contributed by atoms with van der Waals surface area (Å²) in [7, 11) is 0. The van der Waals surface area contributed by atoms with Gasteiger partial charge in [0, 0.05) is 17.6 Å². The molecular formula is C8H17NO3. The molecule has 0 bridgehead atoms. The van der Waals surface area contributed by atoms with E-state index in [0.717, 1.165) is 0 Å². The molecule has 0 spiro atoms. The molecule has 0 radical (unpaired) electrons. The van der Waals surface area contributed by atoms with Crippen molar-refractivity contribution < 1.29 is 21.5 Å². The fourth-order valence-corrected chi connectivity index (χ4v) is 0.443. The first kappa shape index (κ1) is 5.07. The van der Waals surface area contributed by atoms with Gasteiger partial charge in [0.1, 0.15) is 5.60 Å². The molecule has 0 aromatic carbocycles. The molecule has 0 rings (SSSR count). The van der Waals surface area contributed by atoms with Gasteiger partial charge in [-0.2, -0.15) is 0 Å². The van der Waals surface area contributed by atoms with Crippen LogP contribution in [0.25, 0.3) is 0 Å². The number of rotatable bonds is 2. The Morgan fingerprint density at radius 3 is 2.67 bits per heavy atom. The van der Waals surface area contributed by atoms with Gasteiger partial charge in [0.15, 0.2) is 0 Å². The third-order valence-corrected chi connectivity index (χ3v) is 0.805. The minimum atomic E-state index is -3.03. The van der Waals surface area contributed by atoms with E-state index in [1.54, 1.807) is 0 Å². The highest BCUT2D eigenvalue weighted by molar-refractivity contribution is 5.67. The summed E-state index contributed by atoms with van der Waals surface area (Å²) >= 11 is 0. The van der Waals surface area contributed by atoms with E-state index in [0.29, 0.717) is 0 Å². The number of hydrogen-bond acceptors (Lipinski definition) is 3. The summed E-state index contributed by atoms with van der Waals surface area (Å²) in [6.07, 6.45) is -1.34. The van der Waals surface area contributed by atoms with Gasteiger partial charge in [-0.05, 0) is 20.8 Å². The minimum Gasteiger partial charge on any atom is -0.444 e. The zero-order valence-electron chi connectivity index (χ0n) is 12.4. The molecule has 0 aromatic rings. The first-order chi connectivity index (χ1) is 7.31. The molecule has 0 atom stereocenters. The number of nitrogens with zero attached hydrogens (tertiary/aromatic N) is 1. The molecule has 0 saturated heterocycles. The highest BCUT2D eigenvalue weighted by Crippen LogP contribution is 2.08. The van der Waals surface area contributed by atoms with Crippen molar-refractivity contribution in [1.29, 1.82) is 0 Å². The molecule has 0 aliphatic heterocycles. The molecule has 0 aromatic heterocycles. The number of amides is 1. The maximum absolute atomic E-state index is 11.6. The van der Waals surface area contributed by atoms with Gasteiger partial charge in [-0.3, -0.25) is 0 Å². The lowest BCUT2D eigenvalue weighted by atomic mass is 10.2. The number of ether oxygens (including phenoxy) is 1. The van der Waals surface area contributed by atoms with Crippen LogP contribution in [0.3, 0.4) is 0 Å². The van der Waals surface area contributed by atoms with Crippen molar-refractivity contribution >= 4 is 6.09 Å². The summed E-state index contributed by atoms with van der Waals surface area (Å²) < 4.78 is 40.7. The van der Waals surface area contributed by atoms with Crippen molar-refractivity contribution in [3.63, 3.8) is 0 Å². The van der Waals surface area contributed by atoms with Crippen molar-refractivity contribution in [2.45, 2.75) is 26.4 Å². The predicted octanol–water partition coefficient (Wildman–Crippen LogP) is 0.846. The van der Waals surface area contributed by atoms with Crippen LogP contribution in [-0.2, 0) is 4.74 Å². The average molecular weight is 180 g/mol. The van der Waals surface area contributed by atoms with Gasteiger partial charge in [0.25, 0.3) is 0 Å². The number of carbonyl (C=O) groups excluding carboxylic acids is 1. The largest absolute Gasteiger partial charge is 0.444 e. The molecule has 0 aliphatic carbocycles. The Morgan fingerprint density at radius 1 is 1.75 bits per heavy atom. The van der Waals surface area contributed by atoms with Crippen molar-refractivity contribution in [1.82, 2.24) is 4.90 Å². The van der Waals surface area contributed by atoms with Crippen LogP contribution in [0, 0.1) is 0 Å². The third-order valence-electron chi connectivity index (χ3n) is 0.805. The van der Waals surface area contributed by atoms with Crippen LogP contribution in [0.15, 0.2) is 0 Å². The van der Waals surface area contributed by atoms with E-state index in [9.17, 15) is 4.79 Å². The van der Waals surface area contributed by atoms with E-state index in [-0.39, 0.29) is 4.90 Å². The molecule has 1 N–H and O–H groups in total. The molecule has 0 unspecified atom stereocenters. The van der Waals surface area contributed by atoms with Crippen LogP contribution in [0.1, 0.15) is 27.6 Å². The van der Waals surface area contributed by atoms with Crippen LogP contribution < -0.4 is 0 Å². The lowest BCUT2D eigenvalue weighted by Gasteiger charge is -2.24. The number of aliphatic hydroxyl groups is 1. The molecule has 1 amide bonds. The molecule has 4 nitrogen and oxygen atoms in total. The van der Waals surface area contributed by atoms with Gasteiger partial charge in [-0.25, -0.2) is 4.79 Å². The van der Waals surface area contributed by atoms with E-state index in [1.165, 1.54) is 20.8 Å². The summed E-state index contributed by atoms with van der Waals surface area (Å²) in [6, 6.07) is 0. The van der Waals surface area contributed by atoms with E-state index >= 15 is 0 Å². The first-order valence-electron chi connectivity index (χ1n) is 5.95. The second-order valence-corrected chi connectivity index (χ2v) is 3.13. The molecule has 0 heterocycles. The van der Waals surface area contributed by atoms with Crippen molar-refractivity contribution in [2.75, 3.05) is 20.1 Å². The Balaban J connectivity index is 5.17. The fraction of sp³-hybridized carbons (Fsp3) is 0.875. The Kier molecular flexibility index (Phi) is 1.82. The number of carbonyl (C=O) groups is 1. The van der Waals surface area contributed by atoms with E-state index in [4.69, 9.17) is 16.7 Å². The topological polar surface area (TPSA) is 49.8 Å². The smallest absolute Gasteiger partial charge is 0.410 e. The van der Waals surface area contributed by atoms with Gasteiger partial charge >= 0.3 is 6.09 Å². The van der Waals surface area contributed by atoms with Crippen LogP contribution >= 0.6 is 0 Å². The third kappa shape index (κ3) is 4.96. The summed E-state index contributed by atoms with van der Waals surface area (Å²) in [4.78, 5) is 11.5. The summed E-state index contributed by atoms with van der Waals surface area (Å²) in [5.74, 6) is 0. The van der Waals surface area contributed by atoms with Gasteiger partial charge in [0.05, 0.1) is 9.35 Å². The van der Waals surface area contributed by atoms with Gasteiger partial charge in [-0.1, -0.05) is 0 Å². The van der Waals surface area contributed by atoms with Crippen LogP contribution in [0.2, 0.25) is 0 Å². The summed E-state index contributed by atoms with van der Waals surface area (Å²) in [5.41, 5.74) is -0.952. The summed E-state index contributed by atoms with van der Waals surface area (Å²) in [5, 5.41) is 8.80. The monoisotopic (exact) mass is 180 g/mol. The minimum absolute atomic E-state index is 0.0781. The van der Waals surface area contributed by atoms with Crippen LogP contribution in [0.5, 0.6) is 0 Å². The maximum atomic E-state index is 11.6. The normalized spacial score (nSPS) is 19.5. The number of likely N-dealkylation sites (N-methyl/N-ethyl adjacent to an activating group) is 1. The first-order valence-corrected chi connectivity index (χ1v) is 3.45. The molecular weight excluding hydrogens is 158 g/mol. The van der Waals surface area contributed by atoms with Crippen LogP contribution in [-0.4, -0.2) is 41.8 Å². The molecule has 72 valence electrons. The van der Waals surface area contributed by atoms with Crippen molar-refractivity contribution in [3.8, 4) is 0 Å². The molecule has 4 heteroatoms. The molecule has 0 fully saturated rings. The van der Waals surface area contributed by atoms with Gasteiger partial charge < -0.3 is 14.7 Å².